The van der Waals surface area contributed by atoms with Gasteiger partial charge in [-0.15, -0.1) is 0 Å². The van der Waals surface area contributed by atoms with Crippen LogP contribution in [-0.2, 0) is 0 Å². The lowest BCUT2D eigenvalue weighted by molar-refractivity contribution is 1.02. The van der Waals surface area contributed by atoms with Crippen molar-refractivity contribution in [2.45, 2.75) is 5.92 Å². The lowest BCUT2D eigenvalue weighted by atomic mass is 9.85. The fourth-order valence-corrected chi connectivity index (χ4v) is 4.93. The Balaban J connectivity index is 1.61. The maximum atomic E-state index is 2.38. The van der Waals surface area contributed by atoms with Crippen LogP contribution in [0.15, 0.2) is 127 Å². The number of hydrogen-bond donors (Lipinski definition) is 0. The van der Waals surface area contributed by atoms with Crippen LogP contribution in [0.4, 0.5) is 0 Å². The molecule has 0 saturated carbocycles. The third-order valence-corrected chi connectivity index (χ3v) is 6.34. The van der Waals surface area contributed by atoms with Gasteiger partial charge in [-0.3, -0.25) is 0 Å². The van der Waals surface area contributed by atoms with E-state index in [-0.39, 0.29) is 5.92 Å². The Labute approximate surface area is 183 Å². The van der Waals surface area contributed by atoms with E-state index in [1.807, 2.05) is 0 Å². The van der Waals surface area contributed by atoms with Gasteiger partial charge in [-0.05, 0) is 56.1 Å². The van der Waals surface area contributed by atoms with Gasteiger partial charge < -0.3 is 0 Å². The highest BCUT2D eigenvalue weighted by Gasteiger charge is 2.29. The third kappa shape index (κ3) is 3.08. The summed E-state index contributed by atoms with van der Waals surface area (Å²) < 4.78 is 0. The molecule has 1 aliphatic carbocycles. The Morgan fingerprint density at radius 2 is 0.774 bits per heavy atom. The van der Waals surface area contributed by atoms with Gasteiger partial charge in [-0.1, -0.05) is 121 Å². The summed E-state index contributed by atoms with van der Waals surface area (Å²) in [5, 5.41) is 0. The average molecular weight is 395 g/mol. The van der Waals surface area contributed by atoms with Crippen molar-refractivity contribution in [2.24, 2.45) is 0 Å². The predicted octanol–water partition coefficient (Wildman–Crippen LogP) is 8.18. The van der Waals surface area contributed by atoms with E-state index in [4.69, 9.17) is 0 Å². The first-order chi connectivity index (χ1) is 15.4. The molecule has 0 bridgehead atoms. The molecule has 146 valence electrons. The van der Waals surface area contributed by atoms with Crippen LogP contribution in [0.1, 0.15) is 22.6 Å². The van der Waals surface area contributed by atoms with E-state index in [0.717, 1.165) is 0 Å². The Morgan fingerprint density at radius 1 is 0.355 bits per heavy atom. The second-order valence-corrected chi connectivity index (χ2v) is 8.18. The van der Waals surface area contributed by atoms with Crippen molar-refractivity contribution in [3.8, 4) is 33.4 Å². The molecule has 0 spiro atoms. The van der Waals surface area contributed by atoms with Gasteiger partial charge in [-0.25, -0.2) is 0 Å². The molecule has 0 amide bonds. The summed E-state index contributed by atoms with van der Waals surface area (Å²) in [5.41, 5.74) is 11.9. The number of benzene rings is 5. The molecule has 0 heteroatoms. The van der Waals surface area contributed by atoms with Crippen LogP contribution in [0.3, 0.4) is 0 Å². The number of hydrogen-bond acceptors (Lipinski definition) is 0. The molecule has 0 heterocycles. The molecule has 0 N–H and O–H groups in total. The minimum absolute atomic E-state index is 0.249. The van der Waals surface area contributed by atoms with Crippen LogP contribution in [0.5, 0.6) is 0 Å². The van der Waals surface area contributed by atoms with E-state index in [1.54, 1.807) is 0 Å². The molecule has 0 fully saturated rings. The van der Waals surface area contributed by atoms with Gasteiger partial charge in [0.2, 0.25) is 0 Å². The van der Waals surface area contributed by atoms with E-state index >= 15 is 0 Å². The Bertz CT molecular complexity index is 1260. The SMILES string of the molecule is c1ccc(-c2cc(-c3ccccc3)cc(C3c4ccccc4-c4ccccc43)c2)cc1. The van der Waals surface area contributed by atoms with Crippen molar-refractivity contribution >= 4 is 0 Å². The maximum Gasteiger partial charge on any atom is 0.0352 e. The van der Waals surface area contributed by atoms with Crippen molar-refractivity contribution in [3.63, 3.8) is 0 Å². The summed E-state index contributed by atoms with van der Waals surface area (Å²) in [6.07, 6.45) is 0. The predicted molar refractivity (Wildman–Crippen MR) is 130 cm³/mol. The van der Waals surface area contributed by atoms with Crippen molar-refractivity contribution in [3.05, 3.63) is 144 Å². The average Bonchev–Trinajstić information content (AvgIpc) is 3.19. The van der Waals surface area contributed by atoms with Crippen LogP contribution in [0.2, 0.25) is 0 Å². The molecule has 5 aromatic carbocycles. The molecule has 0 atom stereocenters. The molecule has 0 unspecified atom stereocenters. The fourth-order valence-electron chi connectivity index (χ4n) is 4.93. The van der Waals surface area contributed by atoms with Gasteiger partial charge >= 0.3 is 0 Å². The molecule has 0 aliphatic heterocycles. The first-order valence-corrected chi connectivity index (χ1v) is 10.8. The second-order valence-electron chi connectivity index (χ2n) is 8.18. The molecule has 1 aliphatic rings. The molecular weight excluding hydrogens is 372 g/mol. The lowest BCUT2D eigenvalue weighted by Gasteiger charge is -2.18. The molecule has 6 rings (SSSR count). The van der Waals surface area contributed by atoms with Crippen LogP contribution >= 0.6 is 0 Å². The van der Waals surface area contributed by atoms with Gasteiger partial charge in [0.1, 0.15) is 0 Å². The fraction of sp³-hybridized carbons (Fsp3) is 0.0323. The minimum atomic E-state index is 0.249. The summed E-state index contributed by atoms with van der Waals surface area (Å²) in [5.74, 6) is 0.249. The van der Waals surface area contributed by atoms with E-state index in [9.17, 15) is 0 Å². The molecule has 0 nitrogen and oxygen atoms in total. The van der Waals surface area contributed by atoms with Crippen molar-refractivity contribution in [1.82, 2.24) is 0 Å². The first-order valence-electron chi connectivity index (χ1n) is 10.8. The third-order valence-electron chi connectivity index (χ3n) is 6.34. The standard InChI is InChI=1S/C31H22/c1-3-11-22(12-4-1)24-19-25(23-13-5-2-6-14-23)21-26(20-24)31-29-17-9-7-15-27(29)28-16-8-10-18-30(28)31/h1-21,31H. The van der Waals surface area contributed by atoms with Gasteiger partial charge in [-0.2, -0.15) is 0 Å². The molecule has 5 aromatic rings. The zero-order chi connectivity index (χ0) is 20.6. The van der Waals surface area contributed by atoms with Crippen molar-refractivity contribution in [1.29, 1.82) is 0 Å². The van der Waals surface area contributed by atoms with Gasteiger partial charge in [0.15, 0.2) is 0 Å². The van der Waals surface area contributed by atoms with Gasteiger partial charge in [0.25, 0.3) is 0 Å². The first kappa shape index (κ1) is 17.9. The van der Waals surface area contributed by atoms with Crippen LogP contribution in [-0.4, -0.2) is 0 Å². The molecule has 0 aromatic heterocycles. The second kappa shape index (κ2) is 7.41. The quantitative estimate of drug-likeness (QED) is 0.284. The molecule has 0 saturated heterocycles. The molecule has 31 heavy (non-hydrogen) atoms. The summed E-state index contributed by atoms with van der Waals surface area (Å²) in [7, 11) is 0. The largest absolute Gasteiger partial charge is 0.0622 e. The highest BCUT2D eigenvalue weighted by molar-refractivity contribution is 5.82. The smallest absolute Gasteiger partial charge is 0.0352 e. The van der Waals surface area contributed by atoms with Crippen LogP contribution in [0.25, 0.3) is 33.4 Å². The zero-order valence-electron chi connectivity index (χ0n) is 17.2. The number of rotatable bonds is 3. The Hall–Kier alpha value is -3.90. The van der Waals surface area contributed by atoms with Crippen molar-refractivity contribution < 1.29 is 0 Å². The molecular formula is C31H22. The van der Waals surface area contributed by atoms with Gasteiger partial charge in [0.05, 0.1) is 0 Å². The van der Waals surface area contributed by atoms with Crippen molar-refractivity contribution in [2.75, 3.05) is 0 Å². The zero-order valence-corrected chi connectivity index (χ0v) is 17.2. The van der Waals surface area contributed by atoms with E-state index < -0.39 is 0 Å². The Morgan fingerprint density at radius 3 is 1.26 bits per heavy atom. The summed E-state index contributed by atoms with van der Waals surface area (Å²) in [6, 6.07) is 46.2. The van der Waals surface area contributed by atoms with Crippen LogP contribution in [0, 0.1) is 0 Å². The highest BCUT2D eigenvalue weighted by atomic mass is 14.3. The van der Waals surface area contributed by atoms with Gasteiger partial charge in [0, 0.05) is 5.92 Å². The lowest BCUT2D eigenvalue weighted by Crippen LogP contribution is -2.00. The van der Waals surface area contributed by atoms with Crippen LogP contribution < -0.4 is 0 Å². The topological polar surface area (TPSA) is 0 Å². The normalized spacial score (nSPS) is 12.4. The summed E-state index contributed by atoms with van der Waals surface area (Å²) in [6.45, 7) is 0. The summed E-state index contributed by atoms with van der Waals surface area (Å²) in [4.78, 5) is 0. The monoisotopic (exact) mass is 394 g/mol. The maximum absolute atomic E-state index is 2.38. The Kier molecular flexibility index (Phi) is 4.28. The summed E-state index contributed by atoms with van der Waals surface area (Å²) >= 11 is 0. The molecule has 0 radical (unpaired) electrons. The van der Waals surface area contributed by atoms with E-state index in [1.165, 1.54) is 50.1 Å². The number of fused-ring (bicyclic) bond motifs is 3. The van der Waals surface area contributed by atoms with E-state index in [0.29, 0.717) is 0 Å². The highest BCUT2D eigenvalue weighted by Crippen LogP contribution is 2.48. The minimum Gasteiger partial charge on any atom is -0.0622 e. The van der Waals surface area contributed by atoms with E-state index in [2.05, 4.69) is 127 Å².